The van der Waals surface area contributed by atoms with E-state index in [9.17, 15) is 4.79 Å². The van der Waals surface area contributed by atoms with E-state index in [0.717, 1.165) is 13.0 Å². The van der Waals surface area contributed by atoms with Crippen LogP contribution in [-0.4, -0.2) is 37.9 Å². The van der Waals surface area contributed by atoms with E-state index in [-0.39, 0.29) is 5.97 Å². The van der Waals surface area contributed by atoms with Gasteiger partial charge >= 0.3 is 5.97 Å². The number of nitrogens with one attached hydrogen (secondary N) is 1. The minimum Gasteiger partial charge on any atom is -0.465 e. The van der Waals surface area contributed by atoms with Gasteiger partial charge in [-0.05, 0) is 32.7 Å². The van der Waals surface area contributed by atoms with Crippen molar-refractivity contribution in [2.75, 3.05) is 26.4 Å². The topological polar surface area (TPSA) is 47.6 Å². The lowest BCUT2D eigenvalue weighted by Gasteiger charge is -2.28. The Hall–Kier alpha value is -0.610. The summed E-state index contributed by atoms with van der Waals surface area (Å²) in [6.07, 6.45) is 4.78. The number of carbonyl (C=O) groups is 1. The van der Waals surface area contributed by atoms with E-state index in [1.165, 1.54) is 19.3 Å². The lowest BCUT2D eigenvalue weighted by atomic mass is 10.00. The molecule has 2 unspecified atom stereocenters. The lowest BCUT2D eigenvalue weighted by molar-refractivity contribution is -0.153. The van der Waals surface area contributed by atoms with Gasteiger partial charge in [-0.3, -0.25) is 0 Å². The second kappa shape index (κ2) is 11.1. The van der Waals surface area contributed by atoms with Crippen molar-refractivity contribution >= 4 is 5.97 Å². The summed E-state index contributed by atoms with van der Waals surface area (Å²) in [5.74, 6) is 0.353. The van der Waals surface area contributed by atoms with Crippen LogP contribution < -0.4 is 5.32 Å². The molecule has 0 aliphatic rings. The molecule has 0 aliphatic heterocycles. The SMILES string of the molecule is CCCCC(CC)COCC(C)(NCC)C(=O)OCC. The molecular weight excluding hydrogens is 254 g/mol. The molecule has 2 atom stereocenters. The number of rotatable bonds is 12. The van der Waals surface area contributed by atoms with Gasteiger partial charge in [0.05, 0.1) is 13.2 Å². The highest BCUT2D eigenvalue weighted by Crippen LogP contribution is 2.15. The number of likely N-dealkylation sites (N-methyl/N-ethyl adjacent to an activating group) is 1. The standard InChI is InChI=1S/C16H33NO3/c1-6-10-11-14(7-2)12-19-13-16(5,17-8-3)15(18)20-9-4/h14,17H,6-13H2,1-5H3. The highest BCUT2D eigenvalue weighted by Gasteiger charge is 2.34. The third-order valence-corrected chi connectivity index (χ3v) is 3.58. The number of hydrogen-bond acceptors (Lipinski definition) is 4. The summed E-state index contributed by atoms with van der Waals surface area (Å²) in [6, 6.07) is 0. The first-order valence-corrected chi connectivity index (χ1v) is 8.03. The third-order valence-electron chi connectivity index (χ3n) is 3.58. The van der Waals surface area contributed by atoms with Gasteiger partial charge in [-0.25, -0.2) is 4.79 Å². The number of hydrogen-bond donors (Lipinski definition) is 1. The summed E-state index contributed by atoms with van der Waals surface area (Å²) < 4.78 is 10.9. The number of carbonyl (C=O) groups excluding carboxylic acids is 1. The summed E-state index contributed by atoms with van der Waals surface area (Å²) in [5, 5.41) is 3.18. The quantitative estimate of drug-likeness (QED) is 0.560. The van der Waals surface area contributed by atoms with Gasteiger partial charge < -0.3 is 14.8 Å². The fourth-order valence-corrected chi connectivity index (χ4v) is 2.19. The summed E-state index contributed by atoms with van der Waals surface area (Å²) >= 11 is 0. The molecule has 0 saturated heterocycles. The van der Waals surface area contributed by atoms with E-state index in [0.29, 0.717) is 25.7 Å². The molecule has 0 aromatic rings. The van der Waals surface area contributed by atoms with Gasteiger partial charge in [-0.15, -0.1) is 0 Å². The van der Waals surface area contributed by atoms with Crippen molar-refractivity contribution in [1.29, 1.82) is 0 Å². The molecule has 0 spiro atoms. The predicted molar refractivity (Wildman–Crippen MR) is 82.8 cm³/mol. The molecule has 0 radical (unpaired) electrons. The van der Waals surface area contributed by atoms with Crippen LogP contribution >= 0.6 is 0 Å². The zero-order chi connectivity index (χ0) is 15.4. The molecule has 4 heteroatoms. The molecule has 0 amide bonds. The minimum atomic E-state index is -0.742. The van der Waals surface area contributed by atoms with Crippen molar-refractivity contribution in [3.8, 4) is 0 Å². The zero-order valence-electron chi connectivity index (χ0n) is 14.0. The Morgan fingerprint density at radius 3 is 2.45 bits per heavy atom. The molecule has 0 bridgehead atoms. The molecule has 20 heavy (non-hydrogen) atoms. The van der Waals surface area contributed by atoms with Crippen molar-refractivity contribution < 1.29 is 14.3 Å². The van der Waals surface area contributed by atoms with Crippen LogP contribution in [0.1, 0.15) is 60.3 Å². The maximum Gasteiger partial charge on any atom is 0.328 e. The van der Waals surface area contributed by atoms with Crippen LogP contribution in [0.25, 0.3) is 0 Å². The van der Waals surface area contributed by atoms with Crippen LogP contribution in [0.2, 0.25) is 0 Å². The first-order chi connectivity index (χ1) is 9.53. The largest absolute Gasteiger partial charge is 0.465 e. The Kier molecular flexibility index (Phi) is 10.8. The average molecular weight is 287 g/mol. The monoisotopic (exact) mass is 287 g/mol. The van der Waals surface area contributed by atoms with Crippen molar-refractivity contribution in [3.05, 3.63) is 0 Å². The van der Waals surface area contributed by atoms with E-state index < -0.39 is 5.54 Å². The Balaban J connectivity index is 4.28. The van der Waals surface area contributed by atoms with E-state index in [1.807, 2.05) is 20.8 Å². The van der Waals surface area contributed by atoms with Crippen molar-refractivity contribution in [2.45, 2.75) is 65.8 Å². The molecule has 120 valence electrons. The fourth-order valence-electron chi connectivity index (χ4n) is 2.19. The molecular formula is C16H33NO3. The van der Waals surface area contributed by atoms with Gasteiger partial charge in [0, 0.05) is 6.61 Å². The van der Waals surface area contributed by atoms with Gasteiger partial charge in [0.1, 0.15) is 5.54 Å². The van der Waals surface area contributed by atoms with E-state index in [1.54, 1.807) is 0 Å². The van der Waals surface area contributed by atoms with Crippen LogP contribution in [0.5, 0.6) is 0 Å². The summed E-state index contributed by atoms with van der Waals surface area (Å²) in [4.78, 5) is 12.0. The second-order valence-electron chi connectivity index (χ2n) is 5.51. The maximum atomic E-state index is 12.0. The maximum absolute atomic E-state index is 12.0. The summed E-state index contributed by atoms with van der Waals surface area (Å²) in [6.45, 7) is 12.2. The van der Waals surface area contributed by atoms with Crippen molar-refractivity contribution in [2.24, 2.45) is 5.92 Å². The Labute approximate surface area is 124 Å². The number of unbranched alkanes of at least 4 members (excludes halogenated alkanes) is 1. The van der Waals surface area contributed by atoms with Crippen LogP contribution in [0.4, 0.5) is 0 Å². The molecule has 1 N–H and O–H groups in total. The number of ether oxygens (including phenoxy) is 2. The Bertz CT molecular complexity index is 258. The smallest absolute Gasteiger partial charge is 0.328 e. The Morgan fingerprint density at radius 1 is 1.25 bits per heavy atom. The van der Waals surface area contributed by atoms with Crippen LogP contribution in [0.3, 0.4) is 0 Å². The van der Waals surface area contributed by atoms with Gasteiger partial charge in [0.25, 0.3) is 0 Å². The molecule has 0 saturated carbocycles. The first kappa shape index (κ1) is 19.4. The Morgan fingerprint density at radius 2 is 1.95 bits per heavy atom. The second-order valence-corrected chi connectivity index (χ2v) is 5.51. The number of esters is 1. The van der Waals surface area contributed by atoms with Crippen LogP contribution in [0.15, 0.2) is 0 Å². The molecule has 0 fully saturated rings. The first-order valence-electron chi connectivity index (χ1n) is 8.03. The average Bonchev–Trinajstić information content (AvgIpc) is 2.43. The van der Waals surface area contributed by atoms with Crippen molar-refractivity contribution in [1.82, 2.24) is 5.32 Å². The van der Waals surface area contributed by atoms with E-state index in [4.69, 9.17) is 9.47 Å². The van der Waals surface area contributed by atoms with Gasteiger partial charge in [0.15, 0.2) is 0 Å². The summed E-state index contributed by atoms with van der Waals surface area (Å²) in [7, 11) is 0. The molecule has 4 nitrogen and oxygen atoms in total. The summed E-state index contributed by atoms with van der Waals surface area (Å²) in [5.41, 5.74) is -0.742. The molecule has 0 aliphatic carbocycles. The van der Waals surface area contributed by atoms with Gasteiger partial charge in [-0.1, -0.05) is 40.0 Å². The van der Waals surface area contributed by atoms with Crippen LogP contribution in [-0.2, 0) is 14.3 Å². The molecule has 0 rings (SSSR count). The molecule has 0 aromatic heterocycles. The van der Waals surface area contributed by atoms with E-state index in [2.05, 4.69) is 19.2 Å². The van der Waals surface area contributed by atoms with Crippen LogP contribution in [0, 0.1) is 5.92 Å². The fraction of sp³-hybridized carbons (Fsp3) is 0.938. The lowest BCUT2D eigenvalue weighted by Crippen LogP contribution is -2.54. The van der Waals surface area contributed by atoms with Crippen molar-refractivity contribution in [3.63, 3.8) is 0 Å². The van der Waals surface area contributed by atoms with E-state index >= 15 is 0 Å². The normalized spacial score (nSPS) is 15.7. The molecule has 0 aromatic carbocycles. The highest BCUT2D eigenvalue weighted by atomic mass is 16.5. The minimum absolute atomic E-state index is 0.233. The van der Waals surface area contributed by atoms with Gasteiger partial charge in [-0.2, -0.15) is 0 Å². The third kappa shape index (κ3) is 7.25. The predicted octanol–water partition coefficient (Wildman–Crippen LogP) is 3.15. The highest BCUT2D eigenvalue weighted by molar-refractivity contribution is 5.80. The molecule has 0 heterocycles. The zero-order valence-corrected chi connectivity index (χ0v) is 14.0. The van der Waals surface area contributed by atoms with Gasteiger partial charge in [0.2, 0.25) is 0 Å².